The van der Waals surface area contributed by atoms with Crippen LogP contribution in [0.4, 0.5) is 0 Å². The first-order chi connectivity index (χ1) is 12.0. The van der Waals surface area contributed by atoms with E-state index in [-0.39, 0.29) is 18.3 Å². The van der Waals surface area contributed by atoms with Crippen LogP contribution >= 0.6 is 12.4 Å². The van der Waals surface area contributed by atoms with E-state index in [0.717, 1.165) is 6.29 Å². The smallest absolute Gasteiger partial charge is 0.122 e. The minimum Gasteiger partial charge on any atom is -0.307 e. The zero-order valence-electron chi connectivity index (χ0n) is 17.4. The first-order valence-corrected chi connectivity index (χ1v) is 10.2. The van der Waals surface area contributed by atoms with Crippen molar-refractivity contribution in [2.24, 2.45) is 22.8 Å². The van der Waals surface area contributed by atoms with Gasteiger partial charge in [-0.15, -0.1) is 12.4 Å². The molecule has 0 aliphatic heterocycles. The molecule has 2 rings (SSSR count). The topological polar surface area (TPSA) is 79.5 Å². The van der Waals surface area contributed by atoms with E-state index in [1.54, 1.807) is 0 Å². The number of carbonyl (C=O) groups excluding carboxylic acids is 1. The van der Waals surface area contributed by atoms with Crippen LogP contribution in [-0.4, -0.2) is 24.6 Å². The molecule has 2 saturated carbocycles. The van der Waals surface area contributed by atoms with E-state index in [1.807, 2.05) is 20.1 Å². The Balaban J connectivity index is 0. The molecule has 0 aromatic rings. The van der Waals surface area contributed by atoms with E-state index >= 15 is 0 Å². The number of nitrogens with one attached hydrogen (secondary N) is 2. The molecule has 0 aromatic carbocycles. The Bertz CT molecular complexity index is 326. The SMILES string of the molecule is CC(C)/C=N\NC1CCCCC1.CC(C)C=O.Cl.NNC1CCCCC1. The van der Waals surface area contributed by atoms with Crippen LogP contribution in [0.2, 0.25) is 0 Å². The number of hydrogen-bond donors (Lipinski definition) is 3. The number of hydrazine groups is 1. The minimum atomic E-state index is 0. The molecule has 0 spiro atoms. The van der Waals surface area contributed by atoms with Gasteiger partial charge in [-0.3, -0.25) is 11.3 Å². The molecule has 156 valence electrons. The van der Waals surface area contributed by atoms with Crippen LogP contribution in [0.15, 0.2) is 5.10 Å². The monoisotopic (exact) mass is 390 g/mol. The second kappa shape index (κ2) is 19.1. The standard InChI is InChI=1S/C10H20N2.C6H14N2.C4H8O.ClH/c1-9(2)8-11-12-10-6-4-3-5-7-10;7-8-6-4-2-1-3-5-6;1-4(2)3-5;/h8-10,12H,3-7H2,1-2H3;6,8H,1-5,7H2;3-4H,1-2H3;1H/b11-8-;;;. The Morgan fingerprint density at radius 1 is 0.846 bits per heavy atom. The van der Waals surface area contributed by atoms with Gasteiger partial charge in [0, 0.05) is 24.2 Å². The summed E-state index contributed by atoms with van der Waals surface area (Å²) in [4.78, 5) is 9.50. The molecule has 6 heteroatoms. The van der Waals surface area contributed by atoms with Crippen molar-refractivity contribution in [2.75, 3.05) is 0 Å². The van der Waals surface area contributed by atoms with Gasteiger partial charge in [0.1, 0.15) is 6.29 Å². The zero-order chi connectivity index (χ0) is 18.9. The fourth-order valence-electron chi connectivity index (χ4n) is 2.80. The Hall–Kier alpha value is -0.650. The summed E-state index contributed by atoms with van der Waals surface area (Å²) in [6, 6.07) is 1.26. The average molecular weight is 391 g/mol. The van der Waals surface area contributed by atoms with Crippen molar-refractivity contribution in [3.8, 4) is 0 Å². The molecule has 0 bridgehead atoms. The molecule has 0 atom stereocenters. The van der Waals surface area contributed by atoms with Gasteiger partial charge in [-0.1, -0.05) is 66.2 Å². The van der Waals surface area contributed by atoms with E-state index in [1.165, 1.54) is 64.2 Å². The van der Waals surface area contributed by atoms with Gasteiger partial charge in [0.25, 0.3) is 0 Å². The van der Waals surface area contributed by atoms with Gasteiger partial charge in [0.05, 0.1) is 0 Å². The number of rotatable bonds is 5. The van der Waals surface area contributed by atoms with Gasteiger partial charge >= 0.3 is 0 Å². The lowest BCUT2D eigenvalue weighted by Crippen LogP contribution is -2.36. The highest BCUT2D eigenvalue weighted by molar-refractivity contribution is 5.85. The summed E-state index contributed by atoms with van der Waals surface area (Å²) < 4.78 is 0. The fourth-order valence-corrected chi connectivity index (χ4v) is 2.80. The third kappa shape index (κ3) is 18.2. The predicted molar refractivity (Wildman–Crippen MR) is 116 cm³/mol. The molecule has 0 aromatic heterocycles. The summed E-state index contributed by atoms with van der Waals surface area (Å²) in [5.41, 5.74) is 6.03. The van der Waals surface area contributed by atoms with Gasteiger partial charge in [-0.2, -0.15) is 5.10 Å². The van der Waals surface area contributed by atoms with Crippen LogP contribution in [0.25, 0.3) is 0 Å². The molecule has 0 heterocycles. The number of nitrogens with zero attached hydrogens (tertiary/aromatic N) is 1. The number of hydrogen-bond acceptors (Lipinski definition) is 5. The van der Waals surface area contributed by atoms with Crippen molar-refractivity contribution in [1.29, 1.82) is 0 Å². The van der Waals surface area contributed by atoms with Crippen molar-refractivity contribution in [3.05, 3.63) is 0 Å². The average Bonchev–Trinajstić information content (AvgIpc) is 2.64. The maximum atomic E-state index is 9.50. The number of aldehydes is 1. The summed E-state index contributed by atoms with van der Waals surface area (Å²) in [6.45, 7) is 8.00. The molecule has 2 aliphatic rings. The summed E-state index contributed by atoms with van der Waals surface area (Å²) >= 11 is 0. The highest BCUT2D eigenvalue weighted by atomic mass is 35.5. The largest absolute Gasteiger partial charge is 0.307 e. The van der Waals surface area contributed by atoms with Crippen molar-refractivity contribution >= 4 is 24.9 Å². The lowest BCUT2D eigenvalue weighted by Gasteiger charge is -2.20. The molecular weight excluding hydrogens is 348 g/mol. The van der Waals surface area contributed by atoms with Crippen LogP contribution in [-0.2, 0) is 4.79 Å². The zero-order valence-corrected chi connectivity index (χ0v) is 18.2. The molecule has 5 nitrogen and oxygen atoms in total. The maximum absolute atomic E-state index is 9.50. The second-order valence-electron chi connectivity index (χ2n) is 7.87. The van der Waals surface area contributed by atoms with Crippen molar-refractivity contribution in [1.82, 2.24) is 10.9 Å². The van der Waals surface area contributed by atoms with Gasteiger partial charge < -0.3 is 10.2 Å². The molecular formula is C20H43ClN4O. The van der Waals surface area contributed by atoms with E-state index in [4.69, 9.17) is 5.84 Å². The summed E-state index contributed by atoms with van der Waals surface area (Å²) in [5.74, 6) is 6.01. The van der Waals surface area contributed by atoms with E-state index < -0.39 is 0 Å². The van der Waals surface area contributed by atoms with Gasteiger partial charge in [-0.25, -0.2) is 0 Å². The summed E-state index contributed by atoms with van der Waals surface area (Å²) in [7, 11) is 0. The van der Waals surface area contributed by atoms with E-state index in [0.29, 0.717) is 18.0 Å². The van der Waals surface area contributed by atoms with Crippen molar-refractivity contribution < 1.29 is 4.79 Å². The Morgan fingerprint density at radius 2 is 1.27 bits per heavy atom. The predicted octanol–water partition coefficient (Wildman–Crippen LogP) is 4.60. The van der Waals surface area contributed by atoms with Gasteiger partial charge in [0.2, 0.25) is 0 Å². The quantitative estimate of drug-likeness (QED) is 0.277. The van der Waals surface area contributed by atoms with Crippen molar-refractivity contribution in [2.45, 2.75) is 104 Å². The minimum absolute atomic E-state index is 0. The van der Waals surface area contributed by atoms with Crippen LogP contribution in [0.1, 0.15) is 91.9 Å². The normalized spacial score (nSPS) is 18.4. The van der Waals surface area contributed by atoms with Crippen LogP contribution < -0.4 is 16.7 Å². The van der Waals surface area contributed by atoms with Crippen molar-refractivity contribution in [3.63, 3.8) is 0 Å². The number of halogens is 1. The van der Waals surface area contributed by atoms with Gasteiger partial charge in [0.15, 0.2) is 0 Å². The number of nitrogens with two attached hydrogens (primary N) is 1. The Kier molecular flexibility index (Phi) is 20.3. The summed E-state index contributed by atoms with van der Waals surface area (Å²) in [6.07, 6.45) is 16.3. The molecule has 0 radical (unpaired) electrons. The molecule has 26 heavy (non-hydrogen) atoms. The molecule has 0 unspecified atom stereocenters. The highest BCUT2D eigenvalue weighted by Gasteiger charge is 2.11. The lowest BCUT2D eigenvalue weighted by atomic mass is 9.96. The first-order valence-electron chi connectivity index (χ1n) is 10.2. The third-order valence-corrected chi connectivity index (χ3v) is 4.35. The number of hydrazone groups is 1. The maximum Gasteiger partial charge on any atom is 0.122 e. The molecule has 2 aliphatic carbocycles. The van der Waals surface area contributed by atoms with Crippen LogP contribution in [0, 0.1) is 11.8 Å². The lowest BCUT2D eigenvalue weighted by molar-refractivity contribution is -0.110. The van der Waals surface area contributed by atoms with Crippen LogP contribution in [0.3, 0.4) is 0 Å². The second-order valence-corrected chi connectivity index (χ2v) is 7.87. The molecule has 0 amide bonds. The fraction of sp³-hybridized carbons (Fsp3) is 0.900. The van der Waals surface area contributed by atoms with E-state index in [2.05, 4.69) is 29.8 Å². The van der Waals surface area contributed by atoms with Crippen LogP contribution in [0.5, 0.6) is 0 Å². The number of carbonyl (C=O) groups is 1. The van der Waals surface area contributed by atoms with Gasteiger partial charge in [-0.05, 0) is 31.6 Å². The Labute approximate surface area is 167 Å². The molecule has 4 N–H and O–H groups in total. The first kappa shape index (κ1) is 27.6. The molecule has 0 saturated heterocycles. The summed E-state index contributed by atoms with van der Waals surface area (Å²) in [5, 5.41) is 4.22. The third-order valence-electron chi connectivity index (χ3n) is 4.35. The highest BCUT2D eigenvalue weighted by Crippen LogP contribution is 2.17. The Morgan fingerprint density at radius 3 is 1.58 bits per heavy atom. The molecule has 2 fully saturated rings. The van der Waals surface area contributed by atoms with E-state index in [9.17, 15) is 4.79 Å².